The Kier molecular flexibility index (Phi) is 2.45. The molecule has 1 aromatic carbocycles. The second kappa shape index (κ2) is 3.51. The van der Waals surface area contributed by atoms with E-state index in [0.29, 0.717) is 22.6 Å². The van der Waals surface area contributed by atoms with Crippen molar-refractivity contribution in [1.29, 1.82) is 0 Å². The van der Waals surface area contributed by atoms with Crippen LogP contribution in [-0.2, 0) is 15.9 Å². The topological polar surface area (TPSA) is 83.0 Å². The standard InChI is InChI=1S/C8H8N2O3S2/c11-15(12,13)5-1-2-6-7(3-5)10-8(4-14)9-6/h1-3,14H,4H2,(H,9,10)(H,11,12,13). The van der Waals surface area contributed by atoms with Crippen molar-refractivity contribution in [3.63, 3.8) is 0 Å². The van der Waals surface area contributed by atoms with Gasteiger partial charge in [-0.05, 0) is 18.2 Å². The van der Waals surface area contributed by atoms with E-state index in [2.05, 4.69) is 22.6 Å². The maximum absolute atomic E-state index is 10.9. The van der Waals surface area contributed by atoms with Crippen molar-refractivity contribution in [3.05, 3.63) is 24.0 Å². The zero-order valence-corrected chi connectivity index (χ0v) is 9.22. The first-order valence-electron chi connectivity index (χ1n) is 4.08. The smallest absolute Gasteiger partial charge is 0.294 e. The summed E-state index contributed by atoms with van der Waals surface area (Å²) in [6.07, 6.45) is 0. The summed E-state index contributed by atoms with van der Waals surface area (Å²) in [4.78, 5) is 6.90. The monoisotopic (exact) mass is 244 g/mol. The Morgan fingerprint density at radius 2 is 2.20 bits per heavy atom. The molecule has 0 fully saturated rings. The predicted octanol–water partition coefficient (Wildman–Crippen LogP) is 1.24. The van der Waals surface area contributed by atoms with E-state index in [1.54, 1.807) is 6.07 Å². The first-order chi connectivity index (χ1) is 7.00. The normalized spacial score (nSPS) is 12.1. The fraction of sp³-hybridized carbons (Fsp3) is 0.125. The van der Waals surface area contributed by atoms with Crippen molar-refractivity contribution in [1.82, 2.24) is 9.97 Å². The number of thiol groups is 1. The van der Waals surface area contributed by atoms with Crippen LogP contribution in [0.1, 0.15) is 5.82 Å². The van der Waals surface area contributed by atoms with Crippen molar-refractivity contribution in [2.45, 2.75) is 10.6 Å². The molecule has 7 heteroatoms. The highest BCUT2D eigenvalue weighted by atomic mass is 32.2. The lowest BCUT2D eigenvalue weighted by Gasteiger charge is -1.94. The largest absolute Gasteiger partial charge is 0.341 e. The lowest BCUT2D eigenvalue weighted by atomic mass is 10.3. The van der Waals surface area contributed by atoms with Crippen LogP contribution in [0.4, 0.5) is 0 Å². The summed E-state index contributed by atoms with van der Waals surface area (Å²) in [5.41, 5.74) is 1.21. The minimum Gasteiger partial charge on any atom is -0.341 e. The molecule has 1 heterocycles. The third-order valence-corrected chi connectivity index (χ3v) is 3.10. The Labute approximate surface area is 91.7 Å². The van der Waals surface area contributed by atoms with Gasteiger partial charge < -0.3 is 4.98 Å². The molecule has 2 N–H and O–H groups in total. The Hall–Kier alpha value is -1.05. The third-order valence-electron chi connectivity index (χ3n) is 1.95. The summed E-state index contributed by atoms with van der Waals surface area (Å²) >= 11 is 4.04. The summed E-state index contributed by atoms with van der Waals surface area (Å²) in [6, 6.07) is 4.19. The molecule has 0 unspecified atom stereocenters. The molecule has 0 aliphatic rings. The number of aromatic nitrogens is 2. The van der Waals surface area contributed by atoms with Crippen molar-refractivity contribution in [2.75, 3.05) is 0 Å². The molecule has 1 aromatic heterocycles. The minimum absolute atomic E-state index is 0.160. The number of benzene rings is 1. The molecule has 0 bridgehead atoms. The zero-order chi connectivity index (χ0) is 11.1. The first-order valence-corrected chi connectivity index (χ1v) is 6.15. The van der Waals surface area contributed by atoms with Crippen LogP contribution in [-0.4, -0.2) is 22.9 Å². The molecule has 0 saturated heterocycles. The lowest BCUT2D eigenvalue weighted by Crippen LogP contribution is -1.97. The van der Waals surface area contributed by atoms with Gasteiger partial charge in [0.25, 0.3) is 10.1 Å². The van der Waals surface area contributed by atoms with E-state index in [-0.39, 0.29) is 4.90 Å². The maximum atomic E-state index is 10.9. The third kappa shape index (κ3) is 1.99. The number of imidazole rings is 1. The SMILES string of the molecule is O=S(=O)(O)c1ccc2[nH]c(CS)nc2c1. The van der Waals surface area contributed by atoms with Crippen LogP contribution < -0.4 is 0 Å². The molecule has 0 aliphatic carbocycles. The van der Waals surface area contributed by atoms with Crippen LogP contribution in [0.5, 0.6) is 0 Å². The molecular formula is C8H8N2O3S2. The molecule has 15 heavy (non-hydrogen) atoms. The quantitative estimate of drug-likeness (QED) is 0.548. The van der Waals surface area contributed by atoms with E-state index in [1.165, 1.54) is 12.1 Å². The number of H-pyrrole nitrogens is 1. The highest BCUT2D eigenvalue weighted by Crippen LogP contribution is 2.17. The predicted molar refractivity (Wildman–Crippen MR) is 58.6 cm³/mol. The molecule has 0 atom stereocenters. The minimum atomic E-state index is -4.16. The van der Waals surface area contributed by atoms with Crippen LogP contribution in [0.2, 0.25) is 0 Å². The number of hydrogen-bond donors (Lipinski definition) is 3. The molecule has 2 aromatic rings. The van der Waals surface area contributed by atoms with E-state index >= 15 is 0 Å². The van der Waals surface area contributed by atoms with Gasteiger partial charge in [0.1, 0.15) is 5.82 Å². The van der Waals surface area contributed by atoms with E-state index in [9.17, 15) is 8.42 Å². The van der Waals surface area contributed by atoms with E-state index in [0.717, 1.165) is 0 Å². The first kappa shape index (κ1) is 10.5. The fourth-order valence-electron chi connectivity index (χ4n) is 1.27. The van der Waals surface area contributed by atoms with E-state index < -0.39 is 10.1 Å². The summed E-state index contributed by atoms with van der Waals surface area (Å²) < 4.78 is 30.5. The maximum Gasteiger partial charge on any atom is 0.294 e. The van der Waals surface area contributed by atoms with Gasteiger partial charge in [-0.15, -0.1) is 0 Å². The zero-order valence-electron chi connectivity index (χ0n) is 7.51. The number of rotatable bonds is 2. The van der Waals surface area contributed by atoms with Crippen LogP contribution in [0, 0.1) is 0 Å². The van der Waals surface area contributed by atoms with Gasteiger partial charge >= 0.3 is 0 Å². The number of aromatic amines is 1. The molecule has 5 nitrogen and oxygen atoms in total. The van der Waals surface area contributed by atoms with Crippen LogP contribution >= 0.6 is 12.6 Å². The van der Waals surface area contributed by atoms with Gasteiger partial charge in [0.2, 0.25) is 0 Å². The van der Waals surface area contributed by atoms with Crippen LogP contribution in [0.15, 0.2) is 23.1 Å². The number of nitrogens with zero attached hydrogens (tertiary/aromatic N) is 1. The summed E-state index contributed by atoms with van der Waals surface area (Å²) in [5, 5.41) is 0. The van der Waals surface area contributed by atoms with Gasteiger partial charge in [0, 0.05) is 5.75 Å². The van der Waals surface area contributed by atoms with E-state index in [1.807, 2.05) is 0 Å². The molecule has 0 amide bonds. The number of nitrogens with one attached hydrogen (secondary N) is 1. The van der Waals surface area contributed by atoms with Crippen molar-refractivity contribution < 1.29 is 13.0 Å². The summed E-state index contributed by atoms with van der Waals surface area (Å²) in [5.74, 6) is 1.09. The molecule has 0 saturated carbocycles. The van der Waals surface area contributed by atoms with Gasteiger partial charge in [0.15, 0.2) is 0 Å². The second-order valence-corrected chi connectivity index (χ2v) is 4.73. The van der Waals surface area contributed by atoms with Crippen molar-refractivity contribution >= 4 is 33.8 Å². The summed E-state index contributed by atoms with van der Waals surface area (Å²) in [7, 11) is -4.16. The average Bonchev–Trinajstić information content (AvgIpc) is 2.57. The highest BCUT2D eigenvalue weighted by molar-refractivity contribution is 7.85. The van der Waals surface area contributed by atoms with E-state index in [4.69, 9.17) is 4.55 Å². The van der Waals surface area contributed by atoms with Gasteiger partial charge in [-0.25, -0.2) is 4.98 Å². The highest BCUT2D eigenvalue weighted by Gasteiger charge is 2.11. The van der Waals surface area contributed by atoms with Gasteiger partial charge in [-0.1, -0.05) is 0 Å². The Balaban J connectivity index is 2.66. The molecule has 80 valence electrons. The lowest BCUT2D eigenvalue weighted by molar-refractivity contribution is 0.483. The van der Waals surface area contributed by atoms with Gasteiger partial charge in [-0.3, -0.25) is 4.55 Å². The molecule has 2 rings (SSSR count). The van der Waals surface area contributed by atoms with Crippen molar-refractivity contribution in [2.24, 2.45) is 0 Å². The molecule has 0 aliphatic heterocycles. The Bertz CT molecular complexity index is 603. The van der Waals surface area contributed by atoms with Gasteiger partial charge in [-0.2, -0.15) is 21.0 Å². The molecule has 0 spiro atoms. The van der Waals surface area contributed by atoms with Crippen molar-refractivity contribution in [3.8, 4) is 0 Å². The summed E-state index contributed by atoms with van der Waals surface area (Å²) in [6.45, 7) is 0. The fourth-order valence-corrected chi connectivity index (χ4v) is 1.92. The molecular weight excluding hydrogens is 236 g/mol. The second-order valence-electron chi connectivity index (χ2n) is 3.00. The Morgan fingerprint density at radius 3 is 2.80 bits per heavy atom. The van der Waals surface area contributed by atoms with Crippen LogP contribution in [0.25, 0.3) is 11.0 Å². The number of fused-ring (bicyclic) bond motifs is 1. The molecule has 0 radical (unpaired) electrons. The average molecular weight is 244 g/mol. The van der Waals surface area contributed by atoms with Crippen LogP contribution in [0.3, 0.4) is 0 Å². The number of hydrogen-bond acceptors (Lipinski definition) is 4. The Morgan fingerprint density at radius 1 is 1.47 bits per heavy atom. The van der Waals surface area contributed by atoms with Gasteiger partial charge in [0.05, 0.1) is 15.9 Å².